The molecule has 0 saturated carbocycles. The molecule has 0 aliphatic carbocycles. The number of carbonyl (C=O) groups excluding carboxylic acids is 1. The van der Waals surface area contributed by atoms with Gasteiger partial charge >= 0.3 is 6.18 Å². The number of aromatic amines is 1. The Bertz CT molecular complexity index is 836. The van der Waals surface area contributed by atoms with Crippen LogP contribution in [0.3, 0.4) is 0 Å². The van der Waals surface area contributed by atoms with Crippen molar-refractivity contribution >= 4 is 22.4 Å². The zero-order chi connectivity index (χ0) is 16.6. The van der Waals surface area contributed by atoms with Crippen LogP contribution in [0.5, 0.6) is 0 Å². The summed E-state index contributed by atoms with van der Waals surface area (Å²) < 4.78 is 43.7. The number of hydrogen-bond donors (Lipinski definition) is 2. The lowest BCUT2D eigenvalue weighted by Gasteiger charge is -2.06. The fourth-order valence-corrected chi connectivity index (χ4v) is 2.64. The number of amides is 1. The lowest BCUT2D eigenvalue weighted by molar-refractivity contribution is -0.141. The first-order chi connectivity index (χ1) is 10.9. The molecule has 3 heterocycles. The van der Waals surface area contributed by atoms with E-state index in [1.54, 1.807) is 17.5 Å². The van der Waals surface area contributed by atoms with E-state index < -0.39 is 23.3 Å². The second-order valence-corrected chi connectivity index (χ2v) is 5.40. The number of anilines is 1. The van der Waals surface area contributed by atoms with Crippen LogP contribution in [0.25, 0.3) is 11.5 Å². The number of nitrogens with one attached hydrogen (secondary N) is 2. The zero-order valence-corrected chi connectivity index (χ0v) is 12.4. The number of rotatable bonds is 3. The van der Waals surface area contributed by atoms with Crippen molar-refractivity contribution in [1.82, 2.24) is 15.2 Å². The third-order valence-electron chi connectivity index (χ3n) is 2.94. The topological polar surface area (TPSA) is 83.8 Å². The van der Waals surface area contributed by atoms with Gasteiger partial charge in [-0.3, -0.25) is 15.2 Å². The number of alkyl halides is 3. The van der Waals surface area contributed by atoms with Crippen LogP contribution in [-0.2, 0) is 6.18 Å². The molecule has 0 bridgehead atoms. The Morgan fingerprint density at radius 1 is 1.43 bits per heavy atom. The molecule has 23 heavy (non-hydrogen) atoms. The van der Waals surface area contributed by atoms with E-state index in [1.807, 2.05) is 0 Å². The minimum atomic E-state index is -4.72. The van der Waals surface area contributed by atoms with Crippen LogP contribution in [0.4, 0.5) is 18.3 Å². The normalized spacial score (nSPS) is 11.7. The molecule has 2 N–H and O–H groups in total. The molecule has 0 radical (unpaired) electrons. The van der Waals surface area contributed by atoms with E-state index in [2.05, 4.69) is 20.5 Å². The first kappa shape index (κ1) is 15.3. The Balaban J connectivity index is 1.85. The largest absolute Gasteiger partial charge is 0.463 e. The van der Waals surface area contributed by atoms with Crippen LogP contribution in [-0.4, -0.2) is 21.1 Å². The lowest BCUT2D eigenvalue weighted by Crippen LogP contribution is -2.18. The molecule has 0 aromatic carbocycles. The number of halogens is 3. The van der Waals surface area contributed by atoms with Crippen molar-refractivity contribution in [2.24, 2.45) is 0 Å². The van der Waals surface area contributed by atoms with Gasteiger partial charge < -0.3 is 4.42 Å². The van der Waals surface area contributed by atoms with Gasteiger partial charge in [0.2, 0.25) is 0 Å². The minimum Gasteiger partial charge on any atom is -0.463 e. The van der Waals surface area contributed by atoms with Crippen molar-refractivity contribution in [2.45, 2.75) is 13.1 Å². The van der Waals surface area contributed by atoms with Crippen molar-refractivity contribution in [2.75, 3.05) is 5.32 Å². The molecule has 0 saturated heterocycles. The number of aryl methyl sites for hydroxylation is 1. The van der Waals surface area contributed by atoms with Crippen LogP contribution in [0.1, 0.15) is 21.7 Å². The predicted molar refractivity (Wildman–Crippen MR) is 76.1 cm³/mol. The van der Waals surface area contributed by atoms with E-state index in [-0.39, 0.29) is 10.8 Å². The van der Waals surface area contributed by atoms with Crippen molar-refractivity contribution < 1.29 is 22.4 Å². The lowest BCUT2D eigenvalue weighted by atomic mass is 10.1. The first-order valence-electron chi connectivity index (χ1n) is 6.29. The summed E-state index contributed by atoms with van der Waals surface area (Å²) >= 11 is 1.08. The second-order valence-electron chi connectivity index (χ2n) is 4.54. The number of carbonyl (C=O) groups is 1. The van der Waals surface area contributed by atoms with E-state index in [0.29, 0.717) is 11.5 Å². The Morgan fingerprint density at radius 2 is 2.22 bits per heavy atom. The maximum absolute atomic E-state index is 12.9. The molecule has 3 aromatic rings. The molecule has 3 aromatic heterocycles. The van der Waals surface area contributed by atoms with E-state index in [4.69, 9.17) is 4.42 Å². The summed E-state index contributed by atoms with van der Waals surface area (Å²) in [7, 11) is 0. The van der Waals surface area contributed by atoms with Gasteiger partial charge in [-0.05, 0) is 19.1 Å². The molecule has 120 valence electrons. The summed E-state index contributed by atoms with van der Waals surface area (Å²) in [5.74, 6) is -0.429. The average Bonchev–Trinajstić information content (AvgIpc) is 3.15. The van der Waals surface area contributed by atoms with Crippen molar-refractivity contribution in [1.29, 1.82) is 0 Å². The summed E-state index contributed by atoms with van der Waals surface area (Å²) in [5, 5.41) is 9.46. The van der Waals surface area contributed by atoms with Gasteiger partial charge in [0.25, 0.3) is 5.91 Å². The molecule has 3 rings (SSSR count). The summed E-state index contributed by atoms with van der Waals surface area (Å²) in [6.45, 7) is 1.34. The number of thiazole rings is 1. The first-order valence-corrected chi connectivity index (χ1v) is 7.17. The van der Waals surface area contributed by atoms with Crippen LogP contribution in [0, 0.1) is 6.92 Å². The number of hydrogen-bond acceptors (Lipinski definition) is 5. The maximum Gasteiger partial charge on any atom is 0.435 e. The Hall–Kier alpha value is -2.62. The Morgan fingerprint density at radius 3 is 2.87 bits per heavy atom. The Kier molecular flexibility index (Phi) is 3.68. The van der Waals surface area contributed by atoms with Gasteiger partial charge in [0.05, 0.1) is 11.8 Å². The van der Waals surface area contributed by atoms with Crippen LogP contribution >= 0.6 is 11.3 Å². The van der Waals surface area contributed by atoms with Crippen molar-refractivity contribution in [3.63, 3.8) is 0 Å². The number of H-pyrrole nitrogens is 1. The fraction of sp³-hybridized carbons (Fsp3) is 0.154. The Labute approximate surface area is 131 Å². The van der Waals surface area contributed by atoms with E-state index in [0.717, 1.165) is 11.3 Å². The number of furan rings is 1. The van der Waals surface area contributed by atoms with Crippen molar-refractivity contribution in [3.8, 4) is 11.5 Å². The van der Waals surface area contributed by atoms with Gasteiger partial charge in [0.15, 0.2) is 16.6 Å². The summed E-state index contributed by atoms with van der Waals surface area (Å²) in [6, 6.07) is 3.36. The molecule has 1 amide bonds. The highest BCUT2D eigenvalue weighted by Gasteiger charge is 2.39. The SMILES string of the molecule is Cc1[nH]nc(C(F)(F)F)c1C(=O)Nc1nc(-c2ccco2)cs1. The van der Waals surface area contributed by atoms with Crippen molar-refractivity contribution in [3.05, 3.63) is 40.7 Å². The second kappa shape index (κ2) is 5.54. The molecule has 0 spiro atoms. The quantitative estimate of drug-likeness (QED) is 0.760. The summed E-state index contributed by atoms with van der Waals surface area (Å²) in [4.78, 5) is 16.2. The molecule has 0 fully saturated rings. The maximum atomic E-state index is 12.9. The number of aromatic nitrogens is 3. The van der Waals surface area contributed by atoms with E-state index in [1.165, 1.54) is 13.2 Å². The van der Waals surface area contributed by atoms with Gasteiger partial charge in [-0.15, -0.1) is 11.3 Å². The third-order valence-corrected chi connectivity index (χ3v) is 3.70. The summed E-state index contributed by atoms with van der Waals surface area (Å²) in [5.41, 5.74) is -1.30. The standard InChI is InChI=1S/C13H9F3N4O2S/c1-6-9(10(20-19-6)13(14,15)16)11(21)18-12-17-7(5-23-12)8-3-2-4-22-8/h2-5H,1H3,(H,19,20)(H,17,18,21). The van der Waals surface area contributed by atoms with Crippen LogP contribution in [0.2, 0.25) is 0 Å². The monoisotopic (exact) mass is 342 g/mol. The molecular weight excluding hydrogens is 333 g/mol. The molecule has 6 nitrogen and oxygen atoms in total. The fourth-order valence-electron chi connectivity index (χ4n) is 1.94. The summed E-state index contributed by atoms with van der Waals surface area (Å²) in [6.07, 6.45) is -3.25. The molecule has 0 aliphatic rings. The smallest absolute Gasteiger partial charge is 0.435 e. The minimum absolute atomic E-state index is 0.0256. The van der Waals surface area contributed by atoms with Crippen LogP contribution < -0.4 is 5.32 Å². The zero-order valence-electron chi connectivity index (χ0n) is 11.6. The number of nitrogens with zero attached hydrogens (tertiary/aromatic N) is 2. The molecule has 10 heteroatoms. The molecule has 0 atom stereocenters. The highest BCUT2D eigenvalue weighted by molar-refractivity contribution is 7.14. The third kappa shape index (κ3) is 2.97. The van der Waals surface area contributed by atoms with Gasteiger partial charge in [0.1, 0.15) is 5.69 Å². The van der Waals surface area contributed by atoms with Gasteiger partial charge in [-0.2, -0.15) is 18.3 Å². The van der Waals surface area contributed by atoms with Gasteiger partial charge in [0, 0.05) is 11.1 Å². The van der Waals surface area contributed by atoms with E-state index >= 15 is 0 Å². The highest BCUT2D eigenvalue weighted by atomic mass is 32.1. The van der Waals surface area contributed by atoms with Crippen LogP contribution in [0.15, 0.2) is 28.2 Å². The molecule has 0 aliphatic heterocycles. The predicted octanol–water partition coefficient (Wildman–Crippen LogP) is 3.71. The molecule has 0 unspecified atom stereocenters. The van der Waals surface area contributed by atoms with Gasteiger partial charge in [-0.1, -0.05) is 0 Å². The van der Waals surface area contributed by atoms with Gasteiger partial charge in [-0.25, -0.2) is 4.98 Å². The highest BCUT2D eigenvalue weighted by Crippen LogP contribution is 2.32. The molecular formula is C13H9F3N4O2S. The average molecular weight is 342 g/mol. The van der Waals surface area contributed by atoms with E-state index in [9.17, 15) is 18.0 Å².